The fourth-order valence-corrected chi connectivity index (χ4v) is 2.20. The molecule has 0 bridgehead atoms. The van der Waals surface area contributed by atoms with Crippen molar-refractivity contribution in [3.05, 3.63) is 47.9 Å². The van der Waals surface area contributed by atoms with Crippen molar-refractivity contribution in [2.45, 2.75) is 26.8 Å². The molecule has 6 nitrogen and oxygen atoms in total. The van der Waals surface area contributed by atoms with Crippen LogP contribution in [0.1, 0.15) is 25.2 Å². The number of guanidine groups is 1. The van der Waals surface area contributed by atoms with Crippen LogP contribution in [0.3, 0.4) is 0 Å². The van der Waals surface area contributed by atoms with Crippen LogP contribution in [0.5, 0.6) is 11.5 Å². The Morgan fingerprint density at radius 3 is 2.76 bits per heavy atom. The van der Waals surface area contributed by atoms with Gasteiger partial charge in [0.15, 0.2) is 17.5 Å². The van der Waals surface area contributed by atoms with Crippen LogP contribution in [-0.2, 0) is 13.0 Å². The van der Waals surface area contributed by atoms with Crippen molar-refractivity contribution in [3.8, 4) is 11.5 Å². The molecule has 3 N–H and O–H groups in total. The lowest BCUT2D eigenvalue weighted by Crippen LogP contribution is -2.38. The highest BCUT2D eigenvalue weighted by Gasteiger charge is 2.04. The maximum absolute atomic E-state index is 9.74. The van der Waals surface area contributed by atoms with E-state index < -0.39 is 0 Å². The molecule has 1 aromatic carbocycles. The zero-order chi connectivity index (χ0) is 17.2. The number of hydrogen-bond acceptors (Lipinski definition) is 4. The van der Waals surface area contributed by atoms with Gasteiger partial charge in [-0.1, -0.05) is 6.07 Å². The van der Waals surface area contributed by atoms with E-state index in [-0.39, 0.29) is 29.7 Å². The number of phenols is 1. The predicted molar refractivity (Wildman–Crippen MR) is 110 cm³/mol. The molecule has 0 unspecified atom stereocenters. The summed E-state index contributed by atoms with van der Waals surface area (Å²) in [7, 11) is 0. The summed E-state index contributed by atoms with van der Waals surface area (Å²) < 4.78 is 10.7. The smallest absolute Gasteiger partial charge is 0.191 e. The van der Waals surface area contributed by atoms with Crippen molar-refractivity contribution in [2.24, 2.45) is 4.99 Å². The number of nitrogens with zero attached hydrogens (tertiary/aromatic N) is 1. The van der Waals surface area contributed by atoms with E-state index in [1.54, 1.807) is 12.3 Å². The third-order valence-electron chi connectivity index (χ3n) is 3.33. The number of aliphatic imine (C=N–C) groups is 1. The first-order valence-electron chi connectivity index (χ1n) is 8.22. The fourth-order valence-electron chi connectivity index (χ4n) is 2.20. The molecule has 2 aromatic rings. The molecular weight excluding hydrogens is 433 g/mol. The minimum Gasteiger partial charge on any atom is -0.504 e. The standard InChI is InChI=1S/C18H25N3O3.HI/c1-3-19-18(20-10-9-15-6-5-11-24-15)21-13-14-7-8-16(22)17(12-14)23-4-2;/h5-8,11-12,22H,3-4,9-10,13H2,1-2H3,(H2,19,20,21);1H. The molecule has 0 aliphatic carbocycles. The topological polar surface area (TPSA) is 79.0 Å². The summed E-state index contributed by atoms with van der Waals surface area (Å²) in [5.41, 5.74) is 0.972. The van der Waals surface area contributed by atoms with Crippen molar-refractivity contribution < 1.29 is 14.3 Å². The number of furan rings is 1. The van der Waals surface area contributed by atoms with Crippen LogP contribution in [0.2, 0.25) is 0 Å². The van der Waals surface area contributed by atoms with Crippen molar-refractivity contribution >= 4 is 29.9 Å². The number of rotatable bonds is 8. The maximum atomic E-state index is 9.74. The van der Waals surface area contributed by atoms with Gasteiger partial charge in [0.05, 0.1) is 19.4 Å². The Hall–Kier alpha value is -1.90. The minimum atomic E-state index is 0. The second kappa shape index (κ2) is 11.6. The second-order valence-electron chi connectivity index (χ2n) is 5.19. The van der Waals surface area contributed by atoms with Crippen LogP contribution in [0, 0.1) is 0 Å². The van der Waals surface area contributed by atoms with Gasteiger partial charge in [0.2, 0.25) is 0 Å². The molecule has 1 heterocycles. The Labute approximate surface area is 165 Å². The molecule has 1 aromatic heterocycles. The van der Waals surface area contributed by atoms with E-state index in [9.17, 15) is 5.11 Å². The van der Waals surface area contributed by atoms with Gasteiger partial charge < -0.3 is 24.9 Å². The minimum absolute atomic E-state index is 0. The summed E-state index contributed by atoms with van der Waals surface area (Å²) in [5.74, 6) is 2.32. The number of halogens is 1. The number of hydrogen-bond donors (Lipinski definition) is 3. The van der Waals surface area contributed by atoms with Crippen molar-refractivity contribution in [2.75, 3.05) is 19.7 Å². The van der Waals surface area contributed by atoms with E-state index in [0.717, 1.165) is 36.8 Å². The van der Waals surface area contributed by atoms with Crippen LogP contribution in [-0.4, -0.2) is 30.8 Å². The van der Waals surface area contributed by atoms with Gasteiger partial charge in [-0.25, -0.2) is 4.99 Å². The monoisotopic (exact) mass is 459 g/mol. The van der Waals surface area contributed by atoms with Crippen molar-refractivity contribution in [1.29, 1.82) is 0 Å². The maximum Gasteiger partial charge on any atom is 0.191 e. The third-order valence-corrected chi connectivity index (χ3v) is 3.33. The quantitative estimate of drug-likeness (QED) is 0.321. The summed E-state index contributed by atoms with van der Waals surface area (Å²) in [6, 6.07) is 9.13. The number of phenolic OH excluding ortho intramolecular Hbond substituents is 1. The summed E-state index contributed by atoms with van der Waals surface area (Å²) >= 11 is 0. The van der Waals surface area contributed by atoms with Crippen LogP contribution >= 0.6 is 24.0 Å². The summed E-state index contributed by atoms with van der Waals surface area (Å²) in [6.45, 7) is 6.44. The molecule has 0 fully saturated rings. The zero-order valence-corrected chi connectivity index (χ0v) is 16.9. The van der Waals surface area contributed by atoms with Gasteiger partial charge in [-0.3, -0.25) is 0 Å². The van der Waals surface area contributed by atoms with Crippen LogP contribution in [0.4, 0.5) is 0 Å². The van der Waals surface area contributed by atoms with E-state index in [1.807, 2.05) is 38.1 Å². The highest BCUT2D eigenvalue weighted by Crippen LogP contribution is 2.27. The largest absolute Gasteiger partial charge is 0.504 e. The van der Waals surface area contributed by atoms with Crippen LogP contribution in [0.25, 0.3) is 0 Å². The lowest BCUT2D eigenvalue weighted by molar-refractivity contribution is 0.318. The lowest BCUT2D eigenvalue weighted by Gasteiger charge is -2.11. The third kappa shape index (κ3) is 7.25. The Morgan fingerprint density at radius 1 is 1.24 bits per heavy atom. The van der Waals surface area contributed by atoms with E-state index in [1.165, 1.54) is 0 Å². The molecule has 25 heavy (non-hydrogen) atoms. The summed E-state index contributed by atoms with van der Waals surface area (Å²) in [5, 5.41) is 16.2. The summed E-state index contributed by atoms with van der Waals surface area (Å²) in [4.78, 5) is 4.56. The molecule has 0 saturated heterocycles. The van der Waals surface area contributed by atoms with Gasteiger partial charge in [0, 0.05) is 19.5 Å². The Kier molecular flexibility index (Phi) is 9.83. The Balaban J connectivity index is 0.00000312. The molecule has 0 spiro atoms. The SMILES string of the molecule is CCNC(=NCc1ccc(O)c(OCC)c1)NCCc1ccco1.I. The van der Waals surface area contributed by atoms with Crippen molar-refractivity contribution in [3.63, 3.8) is 0 Å². The number of benzene rings is 1. The van der Waals surface area contributed by atoms with E-state index in [2.05, 4.69) is 15.6 Å². The molecule has 0 amide bonds. The van der Waals surface area contributed by atoms with Crippen LogP contribution in [0.15, 0.2) is 46.0 Å². The first-order valence-corrected chi connectivity index (χ1v) is 8.22. The molecule has 0 atom stereocenters. The molecular formula is C18H26IN3O3. The Bertz CT molecular complexity index is 645. The number of aromatic hydroxyl groups is 1. The molecule has 2 rings (SSSR count). The van der Waals surface area contributed by atoms with Gasteiger partial charge in [-0.2, -0.15) is 0 Å². The van der Waals surface area contributed by atoms with Gasteiger partial charge in [0.1, 0.15) is 5.76 Å². The van der Waals surface area contributed by atoms with E-state index >= 15 is 0 Å². The molecule has 0 aliphatic heterocycles. The van der Waals surface area contributed by atoms with Gasteiger partial charge in [0.25, 0.3) is 0 Å². The highest BCUT2D eigenvalue weighted by atomic mass is 127. The van der Waals surface area contributed by atoms with Gasteiger partial charge in [-0.15, -0.1) is 24.0 Å². The fraction of sp³-hybridized carbons (Fsp3) is 0.389. The van der Waals surface area contributed by atoms with Crippen molar-refractivity contribution in [1.82, 2.24) is 10.6 Å². The average Bonchev–Trinajstić information content (AvgIpc) is 3.09. The van der Waals surface area contributed by atoms with Crippen LogP contribution < -0.4 is 15.4 Å². The molecule has 138 valence electrons. The first kappa shape index (κ1) is 21.1. The lowest BCUT2D eigenvalue weighted by atomic mass is 10.2. The predicted octanol–water partition coefficient (Wildman–Crippen LogP) is 3.30. The molecule has 0 saturated carbocycles. The second-order valence-corrected chi connectivity index (χ2v) is 5.19. The average molecular weight is 459 g/mol. The van der Waals surface area contributed by atoms with Gasteiger partial charge in [-0.05, 0) is 43.7 Å². The number of ether oxygens (including phenoxy) is 1. The number of nitrogens with one attached hydrogen (secondary N) is 2. The molecule has 7 heteroatoms. The zero-order valence-electron chi connectivity index (χ0n) is 14.6. The first-order chi connectivity index (χ1) is 11.7. The molecule has 0 aliphatic rings. The Morgan fingerprint density at radius 2 is 2.08 bits per heavy atom. The summed E-state index contributed by atoms with van der Waals surface area (Å²) in [6.07, 6.45) is 2.47. The van der Waals surface area contributed by atoms with E-state index in [0.29, 0.717) is 18.9 Å². The highest BCUT2D eigenvalue weighted by molar-refractivity contribution is 14.0. The van der Waals surface area contributed by atoms with E-state index in [4.69, 9.17) is 9.15 Å². The normalized spacial score (nSPS) is 10.9. The van der Waals surface area contributed by atoms with Gasteiger partial charge >= 0.3 is 0 Å². The molecule has 0 radical (unpaired) electrons.